The summed E-state index contributed by atoms with van der Waals surface area (Å²) in [6.45, 7) is 0. The van der Waals surface area contributed by atoms with Crippen molar-refractivity contribution in [1.82, 2.24) is 15.0 Å². The van der Waals surface area contributed by atoms with E-state index in [-0.39, 0.29) is 21.7 Å². The van der Waals surface area contributed by atoms with Gasteiger partial charge in [0.25, 0.3) is 5.56 Å². The molecule has 0 saturated heterocycles. The number of H-pyrrole nitrogens is 1. The van der Waals surface area contributed by atoms with Crippen molar-refractivity contribution in [3.8, 4) is 11.3 Å². The van der Waals surface area contributed by atoms with E-state index in [1.54, 1.807) is 12.1 Å². The van der Waals surface area contributed by atoms with Crippen LogP contribution in [0.5, 0.6) is 0 Å². The van der Waals surface area contributed by atoms with Gasteiger partial charge in [-0.25, -0.2) is 9.97 Å². The van der Waals surface area contributed by atoms with Crippen molar-refractivity contribution < 1.29 is 17.6 Å². The van der Waals surface area contributed by atoms with E-state index in [1.807, 2.05) is 0 Å². The standard InChI is InChI=1S/C19H11F3N4O2S2/c20-19(21,22)10-6-8(9-2-1-5-28-9)11-12-14(29-17(11)24-10)13-15(16(27)25-12)30-18(26-13)23-7-3-4-7/h1-2,5-7H,3-4H2,(H,23,26)(H,25,27). The summed E-state index contributed by atoms with van der Waals surface area (Å²) >= 11 is 2.33. The zero-order chi connectivity index (χ0) is 20.6. The maximum Gasteiger partial charge on any atom is 0.433 e. The highest BCUT2D eigenvalue weighted by Gasteiger charge is 2.35. The zero-order valence-electron chi connectivity index (χ0n) is 15.0. The van der Waals surface area contributed by atoms with E-state index in [0.717, 1.165) is 30.2 Å². The normalized spacial score (nSPS) is 14.9. The van der Waals surface area contributed by atoms with Gasteiger partial charge in [0.1, 0.15) is 26.5 Å². The summed E-state index contributed by atoms with van der Waals surface area (Å²) in [6, 6.07) is 4.50. The average molecular weight is 448 g/mol. The first-order valence-corrected chi connectivity index (χ1v) is 10.7. The minimum Gasteiger partial charge on any atom is -0.464 e. The van der Waals surface area contributed by atoms with Crippen LogP contribution >= 0.6 is 22.7 Å². The highest BCUT2D eigenvalue weighted by Crippen LogP contribution is 2.43. The number of halogens is 3. The number of nitrogens with zero attached hydrogens (tertiary/aromatic N) is 2. The van der Waals surface area contributed by atoms with Gasteiger partial charge in [0, 0.05) is 17.0 Å². The molecule has 2 N–H and O–H groups in total. The Morgan fingerprint density at radius 2 is 2.03 bits per heavy atom. The first-order valence-electron chi connectivity index (χ1n) is 9.06. The lowest BCUT2D eigenvalue weighted by atomic mass is 10.1. The van der Waals surface area contributed by atoms with E-state index >= 15 is 0 Å². The topological polar surface area (TPSA) is 83.8 Å². The number of aromatic nitrogens is 3. The van der Waals surface area contributed by atoms with Crippen LogP contribution < -0.4 is 10.9 Å². The van der Waals surface area contributed by atoms with E-state index in [2.05, 4.69) is 20.3 Å². The highest BCUT2D eigenvalue weighted by molar-refractivity contribution is 7.27. The molecule has 0 atom stereocenters. The van der Waals surface area contributed by atoms with Gasteiger partial charge in [-0.15, -0.1) is 11.3 Å². The molecule has 0 aliphatic heterocycles. The second-order valence-corrected chi connectivity index (χ2v) is 9.08. The second kappa shape index (κ2) is 6.05. The fraction of sp³-hybridized carbons (Fsp3) is 0.211. The van der Waals surface area contributed by atoms with E-state index in [9.17, 15) is 18.0 Å². The number of alkyl halides is 3. The van der Waals surface area contributed by atoms with Crippen molar-refractivity contribution in [1.29, 1.82) is 0 Å². The lowest BCUT2D eigenvalue weighted by molar-refractivity contribution is -0.140. The number of aromatic amines is 1. The number of pyridine rings is 2. The molecular formula is C19H11F3N4O2S2. The third-order valence-corrected chi connectivity index (χ3v) is 7.01. The fourth-order valence-corrected chi connectivity index (χ4v) is 5.58. The van der Waals surface area contributed by atoms with Gasteiger partial charge in [-0.1, -0.05) is 11.3 Å². The van der Waals surface area contributed by atoms with E-state index in [4.69, 9.17) is 4.42 Å². The minimum atomic E-state index is -4.61. The van der Waals surface area contributed by atoms with Gasteiger partial charge in [0.2, 0.25) is 0 Å². The summed E-state index contributed by atoms with van der Waals surface area (Å²) in [5.41, 5.74) is -0.220. The molecule has 1 aliphatic rings. The monoisotopic (exact) mass is 448 g/mol. The number of fused-ring (bicyclic) bond motifs is 5. The average Bonchev–Trinajstić information content (AvgIpc) is 3.10. The van der Waals surface area contributed by atoms with Crippen molar-refractivity contribution in [3.63, 3.8) is 0 Å². The molecule has 152 valence electrons. The molecule has 5 heterocycles. The highest BCUT2D eigenvalue weighted by atomic mass is 32.1. The molecular weight excluding hydrogens is 437 g/mol. The molecule has 6 nitrogen and oxygen atoms in total. The van der Waals surface area contributed by atoms with E-state index in [1.165, 1.54) is 17.6 Å². The number of furan rings is 1. The molecule has 0 aromatic carbocycles. The van der Waals surface area contributed by atoms with Gasteiger partial charge in [-0.05, 0) is 31.0 Å². The molecule has 5 aromatic rings. The maximum atomic E-state index is 13.5. The maximum absolute atomic E-state index is 13.5. The number of nitrogens with one attached hydrogen (secondary N) is 2. The summed E-state index contributed by atoms with van der Waals surface area (Å²) in [4.78, 5) is 24.2. The van der Waals surface area contributed by atoms with Crippen LogP contribution in [0.1, 0.15) is 18.5 Å². The summed E-state index contributed by atoms with van der Waals surface area (Å²) in [5.74, 6) is 0.267. The summed E-state index contributed by atoms with van der Waals surface area (Å²) in [6.07, 6.45) is -1.11. The van der Waals surface area contributed by atoms with Crippen molar-refractivity contribution in [2.24, 2.45) is 0 Å². The SMILES string of the molecule is O=c1[nH]c2c(sc3nc(C(F)(F)F)cc(-c4ccco4)c32)c2nc(NC3CC3)sc12. The Hall–Kier alpha value is -2.92. The smallest absolute Gasteiger partial charge is 0.433 e. The summed E-state index contributed by atoms with van der Waals surface area (Å²) in [7, 11) is 0. The number of thiazole rings is 1. The Kier molecular flexibility index (Phi) is 3.61. The zero-order valence-corrected chi connectivity index (χ0v) is 16.6. The Morgan fingerprint density at radius 1 is 1.20 bits per heavy atom. The van der Waals surface area contributed by atoms with Crippen LogP contribution in [0.15, 0.2) is 33.7 Å². The van der Waals surface area contributed by atoms with Crippen molar-refractivity contribution in [2.45, 2.75) is 25.1 Å². The molecule has 1 fully saturated rings. The predicted molar refractivity (Wildman–Crippen MR) is 110 cm³/mol. The fourth-order valence-electron chi connectivity index (χ4n) is 3.42. The molecule has 6 rings (SSSR count). The third-order valence-electron chi connectivity index (χ3n) is 4.93. The Bertz CT molecular complexity index is 1490. The summed E-state index contributed by atoms with van der Waals surface area (Å²) < 4.78 is 46.8. The van der Waals surface area contributed by atoms with E-state index in [0.29, 0.717) is 37.0 Å². The predicted octanol–water partition coefficient (Wildman–Crippen LogP) is 5.60. The van der Waals surface area contributed by atoms with Crippen LogP contribution in [-0.2, 0) is 6.18 Å². The first kappa shape index (κ1) is 17.9. The van der Waals surface area contributed by atoms with Crippen molar-refractivity contribution in [2.75, 3.05) is 5.32 Å². The van der Waals surface area contributed by atoms with Gasteiger partial charge in [0.05, 0.1) is 16.5 Å². The van der Waals surface area contributed by atoms with Crippen LogP contribution in [0.25, 0.3) is 42.0 Å². The molecule has 0 bridgehead atoms. The summed E-state index contributed by atoms with van der Waals surface area (Å²) in [5, 5.41) is 4.33. The van der Waals surface area contributed by atoms with Crippen molar-refractivity contribution >= 4 is 58.5 Å². The Labute approximate surface area is 173 Å². The van der Waals surface area contributed by atoms with Gasteiger partial charge in [-0.3, -0.25) is 4.79 Å². The minimum absolute atomic E-state index is 0.166. The molecule has 0 unspecified atom stereocenters. The molecule has 1 saturated carbocycles. The molecule has 30 heavy (non-hydrogen) atoms. The van der Waals surface area contributed by atoms with Gasteiger partial charge in [-0.2, -0.15) is 13.2 Å². The molecule has 11 heteroatoms. The molecule has 0 amide bonds. The van der Waals surface area contributed by atoms with Gasteiger partial charge < -0.3 is 14.7 Å². The molecule has 1 aliphatic carbocycles. The van der Waals surface area contributed by atoms with Crippen LogP contribution in [0.2, 0.25) is 0 Å². The largest absolute Gasteiger partial charge is 0.464 e. The van der Waals surface area contributed by atoms with Gasteiger partial charge in [0.15, 0.2) is 5.13 Å². The first-order chi connectivity index (χ1) is 14.4. The quantitative estimate of drug-likeness (QED) is 0.375. The third kappa shape index (κ3) is 2.72. The number of anilines is 1. The van der Waals surface area contributed by atoms with Crippen LogP contribution in [0.3, 0.4) is 0 Å². The van der Waals surface area contributed by atoms with E-state index < -0.39 is 11.9 Å². The van der Waals surface area contributed by atoms with Gasteiger partial charge >= 0.3 is 6.18 Å². The number of rotatable bonds is 3. The molecule has 0 radical (unpaired) electrons. The number of hydrogen-bond donors (Lipinski definition) is 2. The van der Waals surface area contributed by atoms with Crippen molar-refractivity contribution in [3.05, 3.63) is 40.5 Å². The van der Waals surface area contributed by atoms with Crippen LogP contribution in [0, 0.1) is 0 Å². The number of thiophene rings is 1. The van der Waals surface area contributed by atoms with Crippen LogP contribution in [-0.4, -0.2) is 21.0 Å². The second-order valence-electron chi connectivity index (χ2n) is 7.09. The molecule has 0 spiro atoms. The van der Waals surface area contributed by atoms with Crippen LogP contribution in [0.4, 0.5) is 18.3 Å². The lowest BCUT2D eigenvalue weighted by Gasteiger charge is -2.08. The number of hydrogen-bond acceptors (Lipinski definition) is 7. The Morgan fingerprint density at radius 3 is 2.73 bits per heavy atom. The molecule has 5 aromatic heterocycles. The lowest BCUT2D eigenvalue weighted by Crippen LogP contribution is -2.08. The Balaban J connectivity index is 1.71.